The summed E-state index contributed by atoms with van der Waals surface area (Å²) in [6.45, 7) is 1.46. The molecule has 0 fully saturated rings. The molecule has 1 amide bonds. The summed E-state index contributed by atoms with van der Waals surface area (Å²) in [5.74, 6) is -2.40. The molecule has 4 bridgehead atoms. The Balaban J connectivity index is 1.51. The molecule has 0 spiro atoms. The van der Waals surface area contributed by atoms with Crippen molar-refractivity contribution in [3.63, 3.8) is 0 Å². The van der Waals surface area contributed by atoms with Crippen LogP contribution in [-0.2, 0) is 16.3 Å². The second-order valence-electron chi connectivity index (χ2n) is 7.86. The molecule has 5 rings (SSSR count). The number of carbonyl (C=O) groups excluding carboxylic acids is 1. The van der Waals surface area contributed by atoms with E-state index in [0.717, 1.165) is 5.69 Å². The minimum Gasteiger partial charge on any atom is -0.481 e. The van der Waals surface area contributed by atoms with E-state index in [1.54, 1.807) is 28.8 Å². The molecule has 3 aliphatic rings. The highest BCUT2D eigenvalue weighted by Crippen LogP contribution is 2.29. The molecule has 174 valence electrons. The van der Waals surface area contributed by atoms with Gasteiger partial charge in [-0.3, -0.25) is 19.0 Å². The van der Waals surface area contributed by atoms with Gasteiger partial charge in [-0.15, -0.1) is 0 Å². The number of benzene rings is 1. The van der Waals surface area contributed by atoms with Crippen molar-refractivity contribution in [2.75, 3.05) is 34.4 Å². The molecule has 2 aromatic rings. The summed E-state index contributed by atoms with van der Waals surface area (Å²) in [6, 6.07) is 5.21. The van der Waals surface area contributed by atoms with Crippen molar-refractivity contribution in [3.05, 3.63) is 40.2 Å². The highest BCUT2D eigenvalue weighted by molar-refractivity contribution is 5.97. The van der Waals surface area contributed by atoms with Crippen LogP contribution in [0.3, 0.4) is 0 Å². The molecule has 13 nitrogen and oxygen atoms in total. The zero-order chi connectivity index (χ0) is 23.7. The summed E-state index contributed by atoms with van der Waals surface area (Å²) in [4.78, 5) is 52.5. The highest BCUT2D eigenvalue weighted by Gasteiger charge is 2.30. The largest absolute Gasteiger partial charge is 0.481 e. The number of amides is 1. The van der Waals surface area contributed by atoms with E-state index in [4.69, 9.17) is 10.8 Å². The maximum atomic E-state index is 12.5. The lowest BCUT2D eigenvalue weighted by Crippen LogP contribution is -2.49. The molecule has 0 radical (unpaired) electrons. The van der Waals surface area contributed by atoms with Gasteiger partial charge >= 0.3 is 11.9 Å². The fraction of sp³-hybridized carbons (Fsp3) is 0.350. The summed E-state index contributed by atoms with van der Waals surface area (Å²) in [7, 11) is 0. The summed E-state index contributed by atoms with van der Waals surface area (Å²) in [6.07, 6.45) is -0.592. The number of carboxylic acid groups (broad SMARTS) is 2. The van der Waals surface area contributed by atoms with Gasteiger partial charge in [0.2, 0.25) is 5.95 Å². The molecule has 0 aliphatic carbocycles. The Morgan fingerprint density at radius 1 is 1.24 bits per heavy atom. The van der Waals surface area contributed by atoms with Crippen molar-refractivity contribution in [3.8, 4) is 0 Å². The molecule has 33 heavy (non-hydrogen) atoms. The number of rotatable bonds is 7. The average molecular weight is 457 g/mol. The first-order chi connectivity index (χ1) is 15.7. The molecule has 13 heteroatoms. The third-order valence-corrected chi connectivity index (χ3v) is 5.58. The molecule has 0 saturated carbocycles. The number of aromatic nitrogens is 2. The summed E-state index contributed by atoms with van der Waals surface area (Å²) < 4.78 is 1.69. The molecular weight excluding hydrogens is 434 g/mol. The van der Waals surface area contributed by atoms with Gasteiger partial charge in [0, 0.05) is 30.8 Å². The van der Waals surface area contributed by atoms with Crippen LogP contribution in [0.5, 0.6) is 0 Å². The van der Waals surface area contributed by atoms with E-state index in [1.165, 1.54) is 0 Å². The first-order valence-electron chi connectivity index (χ1n) is 10.2. The van der Waals surface area contributed by atoms with Crippen LogP contribution in [-0.4, -0.2) is 62.8 Å². The van der Waals surface area contributed by atoms with Crippen LogP contribution in [0, 0.1) is 0 Å². The molecule has 0 saturated heterocycles. The number of carbonyl (C=O) groups is 3. The summed E-state index contributed by atoms with van der Waals surface area (Å²) in [5.41, 5.74) is 6.99. The maximum Gasteiger partial charge on any atom is 0.326 e. The SMILES string of the molecule is Nc1nc(=O)c2c3n1CN(c1ccc(C(=O)N[C@@H](CCC(=O)O)C(=O)O)cc1)CC(CN3)N2. The molecule has 1 aromatic carbocycles. The van der Waals surface area contributed by atoms with Gasteiger partial charge in [0.15, 0.2) is 0 Å². The normalized spacial score (nSPS) is 17.2. The number of nitrogens with two attached hydrogens (primary N) is 1. The molecular formula is C20H23N7O6. The molecule has 3 aliphatic heterocycles. The quantitative estimate of drug-likeness (QED) is 0.316. The molecule has 2 atom stereocenters. The molecule has 7 N–H and O–H groups in total. The minimum atomic E-state index is -1.30. The third-order valence-electron chi connectivity index (χ3n) is 5.58. The molecule has 1 aromatic heterocycles. The van der Waals surface area contributed by atoms with E-state index in [9.17, 15) is 24.3 Å². The Hall–Kier alpha value is -4.29. The number of nitrogens with zero attached hydrogens (tertiary/aromatic N) is 3. The van der Waals surface area contributed by atoms with Gasteiger partial charge in [0.05, 0.1) is 12.7 Å². The Kier molecular flexibility index (Phi) is 5.77. The number of hydrogen-bond donors (Lipinski definition) is 6. The molecule has 4 heterocycles. The van der Waals surface area contributed by atoms with Crippen molar-refractivity contribution in [1.82, 2.24) is 14.9 Å². The van der Waals surface area contributed by atoms with E-state index in [2.05, 4.69) is 20.9 Å². The van der Waals surface area contributed by atoms with Crippen LogP contribution < -0.4 is 32.1 Å². The maximum absolute atomic E-state index is 12.5. The van der Waals surface area contributed by atoms with Crippen molar-refractivity contribution in [2.45, 2.75) is 31.6 Å². The standard InChI is InChI=1S/C20H23N7O6/c21-20-25-18(31)15-16-22-7-11(23-15)8-26(9-27(16)20)12-3-1-10(2-4-12)17(30)24-13(19(32)33)5-6-14(28)29/h1-4,11,13,22-23H,5-9H2,(H,24,30)(H,28,29)(H,32,33)(H2,21,25,31)/t11?,13-/m0/s1. The second kappa shape index (κ2) is 8.68. The fourth-order valence-electron chi connectivity index (χ4n) is 3.89. The highest BCUT2D eigenvalue weighted by atomic mass is 16.4. The van der Waals surface area contributed by atoms with Crippen LogP contribution in [0.15, 0.2) is 29.1 Å². The predicted molar refractivity (Wildman–Crippen MR) is 118 cm³/mol. The van der Waals surface area contributed by atoms with Gasteiger partial charge < -0.3 is 36.8 Å². The topological polar surface area (TPSA) is 192 Å². The lowest BCUT2D eigenvalue weighted by atomic mass is 10.1. The van der Waals surface area contributed by atoms with Crippen LogP contribution in [0.25, 0.3) is 0 Å². The zero-order valence-corrected chi connectivity index (χ0v) is 17.4. The van der Waals surface area contributed by atoms with Crippen molar-refractivity contribution in [1.29, 1.82) is 0 Å². The smallest absolute Gasteiger partial charge is 0.326 e. The number of aliphatic carboxylic acids is 2. The Bertz CT molecular complexity index is 1160. The summed E-state index contributed by atoms with van der Waals surface area (Å²) >= 11 is 0. The van der Waals surface area contributed by atoms with Gasteiger partial charge in [-0.2, -0.15) is 4.98 Å². The monoisotopic (exact) mass is 457 g/mol. The van der Waals surface area contributed by atoms with E-state index in [0.29, 0.717) is 31.3 Å². The second-order valence-corrected chi connectivity index (χ2v) is 7.86. The van der Waals surface area contributed by atoms with Crippen molar-refractivity contribution < 1.29 is 24.6 Å². The molecule has 1 unspecified atom stereocenters. The minimum absolute atomic E-state index is 0.0575. The van der Waals surface area contributed by atoms with Crippen LogP contribution >= 0.6 is 0 Å². The lowest BCUT2D eigenvalue weighted by molar-refractivity contribution is -0.140. The number of hydrogen-bond acceptors (Lipinski definition) is 9. The average Bonchev–Trinajstić information content (AvgIpc) is 2.76. The van der Waals surface area contributed by atoms with Gasteiger partial charge in [-0.05, 0) is 30.7 Å². The Labute approximate surface area is 187 Å². The van der Waals surface area contributed by atoms with Gasteiger partial charge in [-0.1, -0.05) is 0 Å². The Morgan fingerprint density at radius 2 is 1.97 bits per heavy atom. The van der Waals surface area contributed by atoms with Crippen LogP contribution in [0.4, 0.5) is 23.1 Å². The van der Waals surface area contributed by atoms with E-state index in [-0.39, 0.29) is 30.4 Å². The van der Waals surface area contributed by atoms with Crippen molar-refractivity contribution in [2.24, 2.45) is 0 Å². The van der Waals surface area contributed by atoms with Crippen LogP contribution in [0.1, 0.15) is 23.2 Å². The number of nitrogens with one attached hydrogen (secondary N) is 3. The number of fused-ring (bicyclic) bond motifs is 3. The summed E-state index contributed by atoms with van der Waals surface area (Å²) in [5, 5.41) is 26.8. The number of carboxylic acids is 2. The zero-order valence-electron chi connectivity index (χ0n) is 17.4. The van der Waals surface area contributed by atoms with E-state index < -0.39 is 29.4 Å². The predicted octanol–water partition coefficient (Wildman–Crippen LogP) is -0.443. The van der Waals surface area contributed by atoms with Crippen LogP contribution in [0.2, 0.25) is 0 Å². The number of nitrogen functional groups attached to an aromatic ring is 1. The van der Waals surface area contributed by atoms with Gasteiger partial charge in [0.1, 0.15) is 17.5 Å². The fourth-order valence-corrected chi connectivity index (χ4v) is 3.89. The lowest BCUT2D eigenvalue weighted by Gasteiger charge is -2.39. The van der Waals surface area contributed by atoms with Crippen molar-refractivity contribution >= 4 is 41.0 Å². The van der Waals surface area contributed by atoms with Gasteiger partial charge in [-0.25, -0.2) is 4.79 Å². The first-order valence-corrected chi connectivity index (χ1v) is 10.2. The van der Waals surface area contributed by atoms with E-state index >= 15 is 0 Å². The Morgan fingerprint density at radius 3 is 2.64 bits per heavy atom. The van der Waals surface area contributed by atoms with E-state index in [1.807, 2.05) is 4.90 Å². The number of anilines is 4. The van der Waals surface area contributed by atoms with Gasteiger partial charge in [0.25, 0.3) is 11.5 Å². The third kappa shape index (κ3) is 4.51. The first kappa shape index (κ1) is 21.9.